The summed E-state index contributed by atoms with van der Waals surface area (Å²) in [6, 6.07) is 6.21. The van der Waals surface area contributed by atoms with E-state index in [1.165, 1.54) is 0 Å². The van der Waals surface area contributed by atoms with Gasteiger partial charge in [-0.2, -0.15) is 0 Å². The summed E-state index contributed by atoms with van der Waals surface area (Å²) >= 11 is 0. The number of nitrogens with zero attached hydrogens (tertiary/aromatic N) is 1. The van der Waals surface area contributed by atoms with E-state index in [4.69, 9.17) is 4.74 Å². The van der Waals surface area contributed by atoms with Gasteiger partial charge in [-0.1, -0.05) is 20.8 Å². The van der Waals surface area contributed by atoms with E-state index in [2.05, 4.69) is 32.6 Å². The van der Waals surface area contributed by atoms with Crippen LogP contribution in [-0.4, -0.2) is 24.5 Å². The zero-order valence-corrected chi connectivity index (χ0v) is 13.1. The van der Waals surface area contributed by atoms with Crippen molar-refractivity contribution in [3.05, 3.63) is 23.8 Å². The van der Waals surface area contributed by atoms with Gasteiger partial charge in [0.05, 0.1) is 12.2 Å². The zero-order chi connectivity index (χ0) is 14.9. The first-order valence-corrected chi connectivity index (χ1v) is 7.54. The van der Waals surface area contributed by atoms with Crippen LogP contribution in [0.25, 0.3) is 0 Å². The lowest BCUT2D eigenvalue weighted by atomic mass is 10.0. The third-order valence-electron chi connectivity index (χ3n) is 3.93. The minimum atomic E-state index is 0.183. The quantitative estimate of drug-likeness (QED) is 0.780. The van der Waals surface area contributed by atoms with Crippen molar-refractivity contribution in [2.24, 2.45) is 5.92 Å². The molecule has 20 heavy (non-hydrogen) atoms. The molecule has 1 heterocycles. The number of carbonyl (C=O) groups is 1. The van der Waals surface area contributed by atoms with E-state index in [1.807, 2.05) is 25.1 Å². The number of anilines is 1. The lowest BCUT2D eigenvalue weighted by Crippen LogP contribution is -2.45. The van der Waals surface area contributed by atoms with Gasteiger partial charge in [-0.05, 0) is 38.0 Å². The fourth-order valence-electron chi connectivity index (χ4n) is 2.55. The first-order valence-electron chi connectivity index (χ1n) is 7.54. The maximum Gasteiger partial charge on any atom is 0.162 e. The highest BCUT2D eigenvalue weighted by molar-refractivity contribution is 5.97. The number of ether oxygens (including phenoxy) is 1. The fourth-order valence-corrected chi connectivity index (χ4v) is 2.55. The van der Waals surface area contributed by atoms with Crippen molar-refractivity contribution < 1.29 is 9.53 Å². The molecule has 0 fully saturated rings. The second-order valence-electron chi connectivity index (χ2n) is 6.11. The number of Topliss-reactive ketones (excluding diaryl/α,β-unsaturated/α-hetero) is 1. The molecule has 1 aromatic rings. The Morgan fingerprint density at radius 2 is 2.05 bits per heavy atom. The van der Waals surface area contributed by atoms with Crippen LogP contribution >= 0.6 is 0 Å². The van der Waals surface area contributed by atoms with E-state index >= 15 is 0 Å². The molecule has 0 aliphatic carbocycles. The first kappa shape index (κ1) is 14.9. The van der Waals surface area contributed by atoms with Crippen molar-refractivity contribution in [1.82, 2.24) is 0 Å². The molecule has 0 saturated carbocycles. The molecule has 0 radical (unpaired) electrons. The molecule has 0 spiro atoms. The van der Waals surface area contributed by atoms with Crippen LogP contribution in [0, 0.1) is 5.92 Å². The summed E-state index contributed by atoms with van der Waals surface area (Å²) in [5.74, 6) is 1.56. The fraction of sp³-hybridized carbons (Fsp3) is 0.588. The highest BCUT2D eigenvalue weighted by Gasteiger charge is 2.29. The molecule has 110 valence electrons. The van der Waals surface area contributed by atoms with Crippen LogP contribution in [0.15, 0.2) is 18.2 Å². The van der Waals surface area contributed by atoms with Crippen LogP contribution < -0.4 is 9.64 Å². The van der Waals surface area contributed by atoms with Gasteiger partial charge in [0.2, 0.25) is 0 Å². The summed E-state index contributed by atoms with van der Waals surface area (Å²) in [7, 11) is 0. The van der Waals surface area contributed by atoms with Crippen molar-refractivity contribution in [2.75, 3.05) is 11.4 Å². The molecular weight excluding hydrogens is 250 g/mol. The van der Waals surface area contributed by atoms with Crippen LogP contribution in [0.4, 0.5) is 5.69 Å². The van der Waals surface area contributed by atoms with Gasteiger partial charge < -0.3 is 9.64 Å². The van der Waals surface area contributed by atoms with Gasteiger partial charge in [0.25, 0.3) is 0 Å². The number of fused-ring (bicyclic) bond motifs is 1. The number of rotatable bonds is 4. The van der Waals surface area contributed by atoms with E-state index in [1.54, 1.807) is 0 Å². The van der Waals surface area contributed by atoms with Crippen LogP contribution in [0.1, 0.15) is 51.4 Å². The van der Waals surface area contributed by atoms with Crippen molar-refractivity contribution in [2.45, 2.75) is 53.2 Å². The van der Waals surface area contributed by atoms with Crippen molar-refractivity contribution in [3.63, 3.8) is 0 Å². The Bertz CT molecular complexity index is 494. The lowest BCUT2D eigenvalue weighted by Gasteiger charge is -2.40. The van der Waals surface area contributed by atoms with Gasteiger partial charge in [-0.25, -0.2) is 0 Å². The van der Waals surface area contributed by atoms with Gasteiger partial charge in [0.1, 0.15) is 11.9 Å². The third kappa shape index (κ3) is 2.82. The Labute approximate surface area is 121 Å². The summed E-state index contributed by atoms with van der Waals surface area (Å²) in [6.45, 7) is 11.5. The average molecular weight is 275 g/mol. The van der Waals surface area contributed by atoms with Gasteiger partial charge in [0.15, 0.2) is 5.78 Å². The third-order valence-corrected chi connectivity index (χ3v) is 3.93. The Hall–Kier alpha value is -1.51. The minimum Gasteiger partial charge on any atom is -0.486 e. The monoisotopic (exact) mass is 275 g/mol. The molecule has 0 aromatic heterocycles. The van der Waals surface area contributed by atoms with E-state index in [9.17, 15) is 4.79 Å². The molecule has 3 heteroatoms. The SMILES string of the molecule is CCC(=O)c1ccc2c(c1)N(C(C)C)CC(C(C)C)O2. The molecule has 1 aliphatic rings. The number of ketones is 1. The average Bonchev–Trinajstić information content (AvgIpc) is 2.44. The van der Waals surface area contributed by atoms with Crippen molar-refractivity contribution in [1.29, 1.82) is 0 Å². The van der Waals surface area contributed by atoms with E-state index in [-0.39, 0.29) is 11.9 Å². The van der Waals surface area contributed by atoms with Gasteiger partial charge >= 0.3 is 0 Å². The summed E-state index contributed by atoms with van der Waals surface area (Å²) in [6.07, 6.45) is 0.744. The van der Waals surface area contributed by atoms with E-state index < -0.39 is 0 Å². The Morgan fingerprint density at radius 3 is 2.60 bits per heavy atom. The lowest BCUT2D eigenvalue weighted by molar-refractivity contribution is 0.0987. The highest BCUT2D eigenvalue weighted by Crippen LogP contribution is 2.37. The maximum atomic E-state index is 11.9. The largest absolute Gasteiger partial charge is 0.486 e. The van der Waals surface area contributed by atoms with E-state index in [0.717, 1.165) is 23.5 Å². The van der Waals surface area contributed by atoms with Crippen LogP contribution in [0.3, 0.4) is 0 Å². The second kappa shape index (κ2) is 5.86. The van der Waals surface area contributed by atoms with Gasteiger partial charge in [0, 0.05) is 18.0 Å². The molecule has 1 unspecified atom stereocenters. The van der Waals surface area contributed by atoms with Gasteiger partial charge in [-0.15, -0.1) is 0 Å². The molecule has 0 N–H and O–H groups in total. The summed E-state index contributed by atoms with van der Waals surface area (Å²) in [4.78, 5) is 14.2. The maximum absolute atomic E-state index is 11.9. The number of hydrogen-bond acceptors (Lipinski definition) is 3. The summed E-state index contributed by atoms with van der Waals surface area (Å²) in [5.41, 5.74) is 1.83. The van der Waals surface area contributed by atoms with Crippen molar-refractivity contribution >= 4 is 11.5 Å². The van der Waals surface area contributed by atoms with E-state index in [0.29, 0.717) is 18.4 Å². The molecule has 1 aromatic carbocycles. The smallest absolute Gasteiger partial charge is 0.162 e. The first-order chi connectivity index (χ1) is 9.43. The second-order valence-corrected chi connectivity index (χ2v) is 6.11. The summed E-state index contributed by atoms with van der Waals surface area (Å²) in [5, 5.41) is 0. The molecule has 0 amide bonds. The zero-order valence-electron chi connectivity index (χ0n) is 13.1. The number of hydrogen-bond donors (Lipinski definition) is 0. The molecule has 2 rings (SSSR count). The standard InChI is InChI=1S/C17H25NO2/c1-6-15(19)13-7-8-16-14(9-13)18(12(4)5)10-17(20-16)11(2)3/h7-9,11-12,17H,6,10H2,1-5H3. The number of carbonyl (C=O) groups excluding carboxylic acids is 1. The van der Waals surface area contributed by atoms with Crippen LogP contribution in [0.2, 0.25) is 0 Å². The Kier molecular flexibility index (Phi) is 4.36. The molecule has 1 atom stereocenters. The van der Waals surface area contributed by atoms with Crippen molar-refractivity contribution in [3.8, 4) is 5.75 Å². The Morgan fingerprint density at radius 1 is 1.35 bits per heavy atom. The molecule has 0 bridgehead atoms. The predicted octanol–water partition coefficient (Wildman–Crippen LogP) is 3.91. The topological polar surface area (TPSA) is 29.5 Å². The van der Waals surface area contributed by atoms with Crippen LogP contribution in [0.5, 0.6) is 5.75 Å². The molecule has 1 aliphatic heterocycles. The van der Waals surface area contributed by atoms with Crippen LogP contribution in [-0.2, 0) is 0 Å². The normalized spacial score (nSPS) is 18.1. The highest BCUT2D eigenvalue weighted by atomic mass is 16.5. The minimum absolute atomic E-state index is 0.183. The molecular formula is C17H25NO2. The molecule has 0 saturated heterocycles. The summed E-state index contributed by atoms with van der Waals surface area (Å²) < 4.78 is 6.09. The molecule has 3 nitrogen and oxygen atoms in total. The predicted molar refractivity (Wildman–Crippen MR) is 82.8 cm³/mol. The Balaban J connectivity index is 2.41. The number of benzene rings is 1. The van der Waals surface area contributed by atoms with Gasteiger partial charge in [-0.3, -0.25) is 4.79 Å².